The number of thiocarbonyl (C=S) groups is 1. The predicted octanol–water partition coefficient (Wildman–Crippen LogP) is 2.97. The molecule has 4 aromatic heterocycles. The van der Waals surface area contributed by atoms with E-state index in [9.17, 15) is 0 Å². The minimum atomic E-state index is -0.0766. The van der Waals surface area contributed by atoms with Gasteiger partial charge in [0.25, 0.3) is 0 Å². The summed E-state index contributed by atoms with van der Waals surface area (Å²) in [6.07, 6.45) is 7.02. The van der Waals surface area contributed by atoms with Gasteiger partial charge >= 0.3 is 0 Å². The van der Waals surface area contributed by atoms with Crippen molar-refractivity contribution >= 4 is 17.3 Å². The Labute approximate surface area is 185 Å². The molecule has 0 spiro atoms. The molecule has 1 aliphatic rings. The predicted molar refractivity (Wildman–Crippen MR) is 120 cm³/mol. The molecule has 156 valence electrons. The fraction of sp³-hybridized carbons (Fsp3) is 0.227. The van der Waals surface area contributed by atoms with Gasteiger partial charge < -0.3 is 10.2 Å². The van der Waals surface area contributed by atoms with Crippen LogP contribution in [0.25, 0.3) is 0 Å². The first-order valence-electron chi connectivity index (χ1n) is 10.1. The van der Waals surface area contributed by atoms with Gasteiger partial charge in [-0.15, -0.1) is 10.2 Å². The molecule has 0 saturated carbocycles. The third-order valence-corrected chi connectivity index (χ3v) is 6.00. The molecule has 2 unspecified atom stereocenters. The first-order valence-corrected chi connectivity index (χ1v) is 10.5. The Kier molecular flexibility index (Phi) is 4.95. The first kappa shape index (κ1) is 19.4. The van der Waals surface area contributed by atoms with Crippen molar-refractivity contribution in [2.75, 3.05) is 0 Å². The van der Waals surface area contributed by atoms with E-state index in [0.29, 0.717) is 11.7 Å². The average molecular weight is 431 g/mol. The van der Waals surface area contributed by atoms with E-state index in [2.05, 4.69) is 55.0 Å². The van der Waals surface area contributed by atoms with Gasteiger partial charge in [0.15, 0.2) is 5.11 Å². The summed E-state index contributed by atoms with van der Waals surface area (Å²) in [7, 11) is 0. The monoisotopic (exact) mass is 430 g/mol. The molecule has 1 fully saturated rings. The molecule has 0 radical (unpaired) electrons. The van der Waals surface area contributed by atoms with Crippen LogP contribution >= 0.6 is 12.2 Å². The third kappa shape index (κ3) is 3.46. The summed E-state index contributed by atoms with van der Waals surface area (Å²) in [5.41, 5.74) is 5.27. The molecule has 2 atom stereocenters. The molecule has 1 aliphatic heterocycles. The van der Waals surface area contributed by atoms with Crippen molar-refractivity contribution < 1.29 is 0 Å². The van der Waals surface area contributed by atoms with Crippen LogP contribution in [0.5, 0.6) is 0 Å². The lowest BCUT2D eigenvalue weighted by atomic mass is 9.96. The maximum Gasteiger partial charge on any atom is 0.170 e. The fourth-order valence-electron chi connectivity index (χ4n) is 4.31. The summed E-state index contributed by atoms with van der Waals surface area (Å²) in [6.45, 7) is 4.80. The van der Waals surface area contributed by atoms with Gasteiger partial charge in [0.2, 0.25) is 0 Å². The minimum absolute atomic E-state index is 0.0409. The number of hydrogen-bond donors (Lipinski definition) is 1. The molecule has 5 rings (SSSR count). The first-order chi connectivity index (χ1) is 15.1. The summed E-state index contributed by atoms with van der Waals surface area (Å²) in [5.74, 6) is 0. The molecule has 31 heavy (non-hydrogen) atoms. The number of nitrogens with zero attached hydrogens (tertiary/aromatic N) is 7. The standard InChI is InChI=1S/C22H22N8S/c1-15-11-18(16(2)30(15)28-13-25-26-14-28)21-20(19-8-4-6-10-24-19)27-22(31)29(21)12-17-7-3-5-9-23-17/h3-11,13-14,20-21H,12H2,1-2H3,(H,27,31). The number of pyridine rings is 2. The molecule has 0 aromatic carbocycles. The zero-order chi connectivity index (χ0) is 21.4. The van der Waals surface area contributed by atoms with Gasteiger partial charge in [0.1, 0.15) is 12.7 Å². The smallest absolute Gasteiger partial charge is 0.170 e. The van der Waals surface area contributed by atoms with Gasteiger partial charge in [0.05, 0.1) is 30.0 Å². The van der Waals surface area contributed by atoms with Crippen molar-refractivity contribution in [2.45, 2.75) is 32.5 Å². The maximum absolute atomic E-state index is 5.78. The van der Waals surface area contributed by atoms with Gasteiger partial charge in [-0.05, 0) is 56.4 Å². The van der Waals surface area contributed by atoms with Gasteiger partial charge in [-0.1, -0.05) is 12.1 Å². The van der Waals surface area contributed by atoms with E-state index in [-0.39, 0.29) is 12.1 Å². The number of nitrogens with one attached hydrogen (secondary N) is 1. The van der Waals surface area contributed by atoms with E-state index in [1.165, 1.54) is 5.56 Å². The van der Waals surface area contributed by atoms with Crippen LogP contribution in [0.3, 0.4) is 0 Å². The average Bonchev–Trinajstić information content (AvgIpc) is 3.49. The van der Waals surface area contributed by atoms with Crippen LogP contribution in [0.4, 0.5) is 0 Å². The van der Waals surface area contributed by atoms with Crippen molar-refractivity contribution in [1.29, 1.82) is 0 Å². The number of hydrogen-bond acceptors (Lipinski definition) is 5. The molecule has 5 heterocycles. The molecular formula is C22H22N8S. The van der Waals surface area contributed by atoms with Crippen LogP contribution in [0.1, 0.15) is 40.4 Å². The normalized spacial score (nSPS) is 18.4. The largest absolute Gasteiger partial charge is 0.352 e. The summed E-state index contributed by atoms with van der Waals surface area (Å²) in [5, 5.41) is 12.1. The van der Waals surface area contributed by atoms with E-state index in [1.807, 2.05) is 53.5 Å². The zero-order valence-electron chi connectivity index (χ0n) is 17.3. The molecule has 0 bridgehead atoms. The summed E-state index contributed by atoms with van der Waals surface area (Å²) < 4.78 is 3.98. The van der Waals surface area contributed by atoms with Gasteiger partial charge in [-0.25, -0.2) is 4.68 Å². The number of aromatic nitrogens is 6. The summed E-state index contributed by atoms with van der Waals surface area (Å²) >= 11 is 5.78. The van der Waals surface area contributed by atoms with Crippen LogP contribution in [0.15, 0.2) is 67.5 Å². The molecule has 1 N–H and O–H groups in total. The lowest BCUT2D eigenvalue weighted by Crippen LogP contribution is -2.29. The molecule has 4 aromatic rings. The van der Waals surface area contributed by atoms with Crippen LogP contribution in [-0.2, 0) is 6.54 Å². The quantitative estimate of drug-likeness (QED) is 0.488. The lowest BCUT2D eigenvalue weighted by Gasteiger charge is -2.28. The van der Waals surface area contributed by atoms with Crippen molar-refractivity contribution in [1.82, 2.24) is 39.7 Å². The van der Waals surface area contributed by atoms with Crippen molar-refractivity contribution in [3.63, 3.8) is 0 Å². The topological polar surface area (TPSA) is 76.7 Å². The highest BCUT2D eigenvalue weighted by Gasteiger charge is 2.41. The van der Waals surface area contributed by atoms with Gasteiger partial charge in [-0.2, -0.15) is 0 Å². The highest BCUT2D eigenvalue weighted by Crippen LogP contribution is 2.41. The fourth-order valence-corrected chi connectivity index (χ4v) is 4.62. The minimum Gasteiger partial charge on any atom is -0.352 e. The van der Waals surface area contributed by atoms with Crippen molar-refractivity contribution in [2.24, 2.45) is 0 Å². The van der Waals surface area contributed by atoms with Gasteiger partial charge in [0, 0.05) is 29.3 Å². The second-order valence-corrected chi connectivity index (χ2v) is 7.94. The zero-order valence-corrected chi connectivity index (χ0v) is 18.1. The Morgan fingerprint density at radius 3 is 2.42 bits per heavy atom. The Hall–Kier alpha value is -3.59. The second kappa shape index (κ2) is 7.92. The third-order valence-electron chi connectivity index (χ3n) is 5.65. The molecule has 8 nitrogen and oxygen atoms in total. The molecular weight excluding hydrogens is 408 g/mol. The molecule has 9 heteroatoms. The van der Waals surface area contributed by atoms with Crippen LogP contribution in [0, 0.1) is 13.8 Å². The van der Waals surface area contributed by atoms with Crippen LogP contribution < -0.4 is 5.32 Å². The number of aryl methyl sites for hydroxylation is 1. The van der Waals surface area contributed by atoms with E-state index in [0.717, 1.165) is 22.8 Å². The summed E-state index contributed by atoms with van der Waals surface area (Å²) in [4.78, 5) is 11.3. The second-order valence-electron chi connectivity index (χ2n) is 7.56. The van der Waals surface area contributed by atoms with E-state index in [1.54, 1.807) is 12.7 Å². The van der Waals surface area contributed by atoms with Crippen LogP contribution in [-0.4, -0.2) is 39.5 Å². The molecule has 1 saturated heterocycles. The van der Waals surface area contributed by atoms with Gasteiger partial charge in [-0.3, -0.25) is 14.6 Å². The molecule has 0 aliphatic carbocycles. The Balaban J connectivity index is 1.62. The van der Waals surface area contributed by atoms with E-state index in [4.69, 9.17) is 12.2 Å². The molecule has 0 amide bonds. The number of rotatable bonds is 5. The SMILES string of the molecule is Cc1cc(C2C(c3ccccn3)NC(=S)N2Cc2ccccn2)c(C)n1-n1cnnc1. The lowest BCUT2D eigenvalue weighted by molar-refractivity contribution is 0.306. The Morgan fingerprint density at radius 1 is 1.00 bits per heavy atom. The van der Waals surface area contributed by atoms with E-state index >= 15 is 0 Å². The highest BCUT2D eigenvalue weighted by atomic mass is 32.1. The maximum atomic E-state index is 5.78. The van der Waals surface area contributed by atoms with E-state index < -0.39 is 0 Å². The Bertz CT molecular complexity index is 1190. The van der Waals surface area contributed by atoms with Crippen LogP contribution in [0.2, 0.25) is 0 Å². The summed E-state index contributed by atoms with van der Waals surface area (Å²) in [6, 6.07) is 14.0. The van der Waals surface area contributed by atoms with Crippen molar-refractivity contribution in [3.05, 3.63) is 95.9 Å². The Morgan fingerprint density at radius 2 is 1.74 bits per heavy atom. The van der Waals surface area contributed by atoms with Crippen molar-refractivity contribution in [3.8, 4) is 0 Å². The highest BCUT2D eigenvalue weighted by molar-refractivity contribution is 7.80.